The molecule has 2 saturated heterocycles. The van der Waals surface area contributed by atoms with E-state index in [1.165, 1.54) is 18.7 Å². The summed E-state index contributed by atoms with van der Waals surface area (Å²) in [7, 11) is 0. The highest BCUT2D eigenvalue weighted by Crippen LogP contribution is 2.39. The summed E-state index contributed by atoms with van der Waals surface area (Å²) in [4.78, 5) is 17.1. The van der Waals surface area contributed by atoms with Gasteiger partial charge in [0.1, 0.15) is 0 Å². The van der Waals surface area contributed by atoms with Gasteiger partial charge in [-0.1, -0.05) is 54.6 Å². The molecule has 2 aliphatic rings. The maximum atomic E-state index is 12.1. The quantitative estimate of drug-likeness (QED) is 0.802. The Bertz CT molecular complexity index is 832. The Labute approximate surface area is 167 Å². The zero-order chi connectivity index (χ0) is 19.4. The van der Waals surface area contributed by atoms with Gasteiger partial charge in [-0.2, -0.15) is 0 Å². The van der Waals surface area contributed by atoms with Crippen molar-refractivity contribution in [2.75, 3.05) is 44.6 Å². The number of rotatable bonds is 7. The monoisotopic (exact) mass is 375 g/mol. The van der Waals surface area contributed by atoms with E-state index in [1.807, 2.05) is 37.3 Å². The summed E-state index contributed by atoms with van der Waals surface area (Å²) in [5.74, 6) is 0.104. The summed E-state index contributed by atoms with van der Waals surface area (Å²) in [6, 6.07) is 18.4. The highest BCUT2D eigenvalue weighted by atomic mass is 16.1. The third-order valence-electron chi connectivity index (χ3n) is 5.67. The van der Waals surface area contributed by atoms with E-state index in [2.05, 4.69) is 51.5 Å². The van der Waals surface area contributed by atoms with Crippen LogP contribution >= 0.6 is 0 Å². The van der Waals surface area contributed by atoms with E-state index in [1.54, 1.807) is 0 Å². The summed E-state index contributed by atoms with van der Waals surface area (Å²) in [5.41, 5.74) is 3.79. The van der Waals surface area contributed by atoms with Gasteiger partial charge in [0.15, 0.2) is 0 Å². The standard InChI is InChI=1S/C24H29N3O/c1-20-7-5-11-22(15-20)25-23(28)12-14-27-18-24(19-27)16-26(17-24)13-6-10-21-8-3-2-4-9-21/h2-11,15H,12-14,16-19H2,1H3,(H,25,28). The van der Waals surface area contributed by atoms with Gasteiger partial charge in [0.2, 0.25) is 5.91 Å². The second-order valence-corrected chi connectivity index (χ2v) is 8.36. The second kappa shape index (κ2) is 8.29. The maximum absolute atomic E-state index is 12.1. The molecule has 1 N–H and O–H groups in total. The minimum Gasteiger partial charge on any atom is -0.326 e. The van der Waals surface area contributed by atoms with Crippen molar-refractivity contribution in [3.05, 3.63) is 71.8 Å². The van der Waals surface area contributed by atoms with Gasteiger partial charge in [-0.25, -0.2) is 0 Å². The van der Waals surface area contributed by atoms with Crippen LogP contribution in [0.4, 0.5) is 5.69 Å². The summed E-state index contributed by atoms with van der Waals surface area (Å²) >= 11 is 0. The van der Waals surface area contributed by atoms with Gasteiger partial charge >= 0.3 is 0 Å². The smallest absolute Gasteiger partial charge is 0.225 e. The van der Waals surface area contributed by atoms with Crippen molar-refractivity contribution in [1.29, 1.82) is 0 Å². The summed E-state index contributed by atoms with van der Waals surface area (Å²) in [6.45, 7) is 8.53. The zero-order valence-electron chi connectivity index (χ0n) is 16.6. The molecule has 0 unspecified atom stereocenters. The molecule has 4 nitrogen and oxygen atoms in total. The number of carbonyl (C=O) groups excluding carboxylic acids is 1. The number of anilines is 1. The van der Waals surface area contributed by atoms with Crippen molar-refractivity contribution < 1.29 is 4.79 Å². The first-order chi connectivity index (χ1) is 13.6. The molecule has 0 radical (unpaired) electrons. The Balaban J connectivity index is 1.11. The van der Waals surface area contributed by atoms with E-state index >= 15 is 0 Å². The van der Waals surface area contributed by atoms with E-state index in [0.29, 0.717) is 11.8 Å². The van der Waals surface area contributed by atoms with Crippen LogP contribution in [0.5, 0.6) is 0 Å². The molecule has 1 amide bonds. The van der Waals surface area contributed by atoms with Gasteiger partial charge in [0, 0.05) is 56.8 Å². The first-order valence-electron chi connectivity index (χ1n) is 10.1. The number of aryl methyl sites for hydroxylation is 1. The number of benzene rings is 2. The van der Waals surface area contributed by atoms with Crippen LogP contribution in [0, 0.1) is 12.3 Å². The molecule has 28 heavy (non-hydrogen) atoms. The van der Waals surface area contributed by atoms with Crippen LogP contribution in [0.2, 0.25) is 0 Å². The molecule has 2 heterocycles. The van der Waals surface area contributed by atoms with E-state index < -0.39 is 0 Å². The molecule has 4 heteroatoms. The van der Waals surface area contributed by atoms with Crippen LogP contribution in [-0.2, 0) is 4.79 Å². The first-order valence-corrected chi connectivity index (χ1v) is 10.1. The fourth-order valence-corrected chi connectivity index (χ4v) is 4.40. The number of likely N-dealkylation sites (tertiary alicyclic amines) is 2. The van der Waals surface area contributed by atoms with Gasteiger partial charge in [-0.05, 0) is 30.2 Å². The van der Waals surface area contributed by atoms with E-state index in [0.717, 1.165) is 37.4 Å². The Morgan fingerprint density at radius 3 is 2.54 bits per heavy atom. The van der Waals surface area contributed by atoms with Gasteiger partial charge in [0.05, 0.1) is 0 Å². The molecular formula is C24H29N3O. The molecule has 4 rings (SSSR count). The largest absolute Gasteiger partial charge is 0.326 e. The molecule has 2 aliphatic heterocycles. The highest BCUT2D eigenvalue weighted by Gasteiger charge is 2.50. The van der Waals surface area contributed by atoms with Crippen LogP contribution in [0.15, 0.2) is 60.7 Å². The fourth-order valence-electron chi connectivity index (χ4n) is 4.40. The molecule has 2 aromatic rings. The van der Waals surface area contributed by atoms with Crippen molar-refractivity contribution in [2.45, 2.75) is 13.3 Å². The van der Waals surface area contributed by atoms with Crippen molar-refractivity contribution in [3.8, 4) is 0 Å². The van der Waals surface area contributed by atoms with E-state index in [-0.39, 0.29) is 5.91 Å². The average Bonchev–Trinajstić information content (AvgIpc) is 2.62. The predicted octanol–water partition coefficient (Wildman–Crippen LogP) is 3.65. The molecule has 146 valence electrons. The van der Waals surface area contributed by atoms with Crippen LogP contribution in [0.1, 0.15) is 17.5 Å². The van der Waals surface area contributed by atoms with Crippen LogP contribution in [0.25, 0.3) is 6.08 Å². The lowest BCUT2D eigenvalue weighted by molar-refractivity contribution is -0.123. The number of nitrogens with zero attached hydrogens (tertiary/aromatic N) is 2. The van der Waals surface area contributed by atoms with E-state index in [9.17, 15) is 4.79 Å². The first kappa shape index (κ1) is 18.9. The van der Waals surface area contributed by atoms with Crippen molar-refractivity contribution in [3.63, 3.8) is 0 Å². The van der Waals surface area contributed by atoms with Gasteiger partial charge < -0.3 is 10.2 Å². The Kier molecular flexibility index (Phi) is 5.60. The molecule has 0 atom stereocenters. The van der Waals surface area contributed by atoms with Gasteiger partial charge in [0.25, 0.3) is 0 Å². The van der Waals surface area contributed by atoms with Crippen molar-refractivity contribution in [2.24, 2.45) is 5.41 Å². The lowest BCUT2D eigenvalue weighted by Gasteiger charge is -2.60. The minimum atomic E-state index is 0.104. The third kappa shape index (κ3) is 4.70. The highest BCUT2D eigenvalue weighted by molar-refractivity contribution is 5.90. The fraction of sp³-hybridized carbons (Fsp3) is 0.375. The summed E-state index contributed by atoms with van der Waals surface area (Å²) in [5, 5.41) is 3.00. The minimum absolute atomic E-state index is 0.104. The van der Waals surface area contributed by atoms with E-state index in [4.69, 9.17) is 0 Å². The van der Waals surface area contributed by atoms with Gasteiger partial charge in [-0.15, -0.1) is 0 Å². The Morgan fingerprint density at radius 2 is 1.79 bits per heavy atom. The topological polar surface area (TPSA) is 35.6 Å². The summed E-state index contributed by atoms with van der Waals surface area (Å²) < 4.78 is 0. The van der Waals surface area contributed by atoms with Crippen LogP contribution < -0.4 is 5.32 Å². The number of hydrogen-bond donors (Lipinski definition) is 1. The zero-order valence-corrected chi connectivity index (χ0v) is 16.6. The molecular weight excluding hydrogens is 346 g/mol. The third-order valence-corrected chi connectivity index (χ3v) is 5.67. The maximum Gasteiger partial charge on any atom is 0.225 e. The molecule has 0 aliphatic carbocycles. The molecule has 0 aromatic heterocycles. The van der Waals surface area contributed by atoms with Crippen LogP contribution in [-0.4, -0.2) is 55.0 Å². The lowest BCUT2D eigenvalue weighted by atomic mass is 9.73. The predicted molar refractivity (Wildman–Crippen MR) is 115 cm³/mol. The SMILES string of the molecule is Cc1cccc(NC(=O)CCN2CC3(CN(CC=Cc4ccccc4)C3)C2)c1. The molecule has 0 bridgehead atoms. The van der Waals surface area contributed by atoms with Crippen LogP contribution in [0.3, 0.4) is 0 Å². The molecule has 0 saturated carbocycles. The Hall–Kier alpha value is -2.43. The number of nitrogens with one attached hydrogen (secondary N) is 1. The molecule has 2 fully saturated rings. The second-order valence-electron chi connectivity index (χ2n) is 8.36. The number of hydrogen-bond acceptors (Lipinski definition) is 3. The number of carbonyl (C=O) groups is 1. The lowest BCUT2D eigenvalue weighted by Crippen LogP contribution is -2.71. The van der Waals surface area contributed by atoms with Crippen molar-refractivity contribution >= 4 is 17.7 Å². The average molecular weight is 376 g/mol. The Morgan fingerprint density at radius 1 is 1.04 bits per heavy atom. The number of amides is 1. The summed E-state index contributed by atoms with van der Waals surface area (Å²) in [6.07, 6.45) is 5.02. The molecule has 2 aromatic carbocycles. The normalized spacial score (nSPS) is 18.8. The van der Waals surface area contributed by atoms with Crippen molar-refractivity contribution in [1.82, 2.24) is 9.80 Å². The van der Waals surface area contributed by atoms with Gasteiger partial charge in [-0.3, -0.25) is 9.69 Å². The molecule has 1 spiro atoms.